The van der Waals surface area contributed by atoms with Crippen LogP contribution in [0.4, 0.5) is 19.0 Å². The van der Waals surface area contributed by atoms with Crippen molar-refractivity contribution < 1.29 is 18.0 Å². The van der Waals surface area contributed by atoms with Crippen molar-refractivity contribution in [3.05, 3.63) is 54.0 Å². The number of hydrogen-bond donors (Lipinski definition) is 1. The van der Waals surface area contributed by atoms with Crippen LogP contribution in [0.15, 0.2) is 42.9 Å². The van der Waals surface area contributed by atoms with E-state index in [4.69, 9.17) is 0 Å². The summed E-state index contributed by atoms with van der Waals surface area (Å²) in [6, 6.07) is 5.71. The third kappa shape index (κ3) is 4.50. The van der Waals surface area contributed by atoms with Crippen molar-refractivity contribution in [1.82, 2.24) is 15.3 Å². The Kier molecular flexibility index (Phi) is 5.39. The quantitative estimate of drug-likeness (QED) is 0.906. The minimum Gasteiger partial charge on any atom is -0.357 e. The molecule has 0 aliphatic carbocycles. The molecular formula is C18H19F3N4O. The molecule has 1 fully saturated rings. The molecule has 0 saturated carbocycles. The first-order valence-corrected chi connectivity index (χ1v) is 8.38. The Hall–Kier alpha value is -2.64. The monoisotopic (exact) mass is 364 g/mol. The molecule has 1 amide bonds. The molecule has 3 heterocycles. The van der Waals surface area contributed by atoms with Gasteiger partial charge >= 0.3 is 6.18 Å². The summed E-state index contributed by atoms with van der Waals surface area (Å²) in [4.78, 5) is 22.1. The van der Waals surface area contributed by atoms with Gasteiger partial charge in [0.15, 0.2) is 0 Å². The molecule has 2 aromatic rings. The summed E-state index contributed by atoms with van der Waals surface area (Å²) in [6.45, 7) is 1.42. The topological polar surface area (TPSA) is 58.1 Å². The smallest absolute Gasteiger partial charge is 0.357 e. The molecule has 1 saturated heterocycles. The summed E-state index contributed by atoms with van der Waals surface area (Å²) >= 11 is 0. The highest BCUT2D eigenvalue weighted by Crippen LogP contribution is 2.31. The van der Waals surface area contributed by atoms with E-state index in [1.165, 1.54) is 6.20 Å². The van der Waals surface area contributed by atoms with Crippen molar-refractivity contribution in [3.63, 3.8) is 0 Å². The van der Waals surface area contributed by atoms with Crippen LogP contribution in [-0.2, 0) is 17.5 Å². The van der Waals surface area contributed by atoms with Crippen LogP contribution in [0, 0.1) is 5.92 Å². The summed E-state index contributed by atoms with van der Waals surface area (Å²) in [5.74, 6) is 0.119. The second kappa shape index (κ2) is 7.72. The van der Waals surface area contributed by atoms with E-state index >= 15 is 0 Å². The fraction of sp³-hybridized carbons (Fsp3) is 0.389. The molecule has 0 radical (unpaired) electrons. The molecule has 1 aliphatic rings. The molecule has 8 heteroatoms. The predicted octanol–water partition coefficient (Wildman–Crippen LogP) is 3.03. The number of nitrogens with one attached hydrogen (secondary N) is 1. The number of pyridine rings is 2. The molecule has 0 unspecified atom stereocenters. The molecule has 0 bridgehead atoms. The van der Waals surface area contributed by atoms with Gasteiger partial charge in [0, 0.05) is 44.1 Å². The second-order valence-electron chi connectivity index (χ2n) is 6.24. The molecular weight excluding hydrogens is 345 g/mol. The molecule has 3 rings (SSSR count). The van der Waals surface area contributed by atoms with Crippen LogP contribution in [0.5, 0.6) is 0 Å². The van der Waals surface area contributed by atoms with Crippen LogP contribution in [0.25, 0.3) is 0 Å². The van der Waals surface area contributed by atoms with Crippen molar-refractivity contribution in [2.75, 3.05) is 18.0 Å². The first-order chi connectivity index (χ1) is 12.4. The van der Waals surface area contributed by atoms with Gasteiger partial charge in [0.2, 0.25) is 5.91 Å². The van der Waals surface area contributed by atoms with Crippen LogP contribution >= 0.6 is 0 Å². The maximum absolute atomic E-state index is 12.8. The van der Waals surface area contributed by atoms with Gasteiger partial charge < -0.3 is 10.2 Å². The molecule has 5 nitrogen and oxygen atoms in total. The van der Waals surface area contributed by atoms with Crippen molar-refractivity contribution in [2.24, 2.45) is 5.92 Å². The average molecular weight is 364 g/mol. The van der Waals surface area contributed by atoms with Gasteiger partial charge in [-0.3, -0.25) is 9.78 Å². The predicted molar refractivity (Wildman–Crippen MR) is 90.3 cm³/mol. The number of carbonyl (C=O) groups excluding carboxylic acids is 1. The van der Waals surface area contributed by atoms with Crippen molar-refractivity contribution in [2.45, 2.75) is 25.6 Å². The van der Waals surface area contributed by atoms with Gasteiger partial charge in [0.1, 0.15) is 5.82 Å². The van der Waals surface area contributed by atoms with E-state index in [1.54, 1.807) is 17.3 Å². The minimum atomic E-state index is -4.39. The highest BCUT2D eigenvalue weighted by atomic mass is 19.4. The zero-order valence-electron chi connectivity index (χ0n) is 14.0. The van der Waals surface area contributed by atoms with E-state index in [9.17, 15) is 18.0 Å². The zero-order valence-corrected chi connectivity index (χ0v) is 14.0. The maximum atomic E-state index is 12.8. The van der Waals surface area contributed by atoms with E-state index in [-0.39, 0.29) is 11.8 Å². The normalized spacial score (nSPS) is 15.7. The van der Waals surface area contributed by atoms with Crippen LogP contribution in [0.1, 0.15) is 24.0 Å². The summed E-state index contributed by atoms with van der Waals surface area (Å²) < 4.78 is 38.5. The third-order valence-electron chi connectivity index (χ3n) is 4.45. The fourth-order valence-electron chi connectivity index (χ4n) is 2.97. The van der Waals surface area contributed by atoms with Gasteiger partial charge in [-0.05, 0) is 36.6 Å². The zero-order chi connectivity index (χ0) is 18.6. The number of carbonyl (C=O) groups is 1. The van der Waals surface area contributed by atoms with E-state index < -0.39 is 11.7 Å². The number of piperidine rings is 1. The number of anilines is 1. The average Bonchev–Trinajstić information content (AvgIpc) is 2.66. The number of nitrogens with zero attached hydrogens (tertiary/aromatic N) is 3. The Morgan fingerprint density at radius 2 is 2.00 bits per heavy atom. The molecule has 0 spiro atoms. The van der Waals surface area contributed by atoms with E-state index in [1.807, 2.05) is 12.1 Å². The van der Waals surface area contributed by atoms with Gasteiger partial charge in [0.05, 0.1) is 5.56 Å². The number of halogens is 3. The first-order valence-electron chi connectivity index (χ1n) is 8.38. The van der Waals surface area contributed by atoms with E-state index in [2.05, 4.69) is 15.3 Å². The molecule has 2 aromatic heterocycles. The Morgan fingerprint density at radius 1 is 1.23 bits per heavy atom. The van der Waals surface area contributed by atoms with Gasteiger partial charge in [0.25, 0.3) is 0 Å². The van der Waals surface area contributed by atoms with Crippen LogP contribution in [-0.4, -0.2) is 29.0 Å². The van der Waals surface area contributed by atoms with Gasteiger partial charge in [-0.2, -0.15) is 13.2 Å². The number of alkyl halides is 3. The molecule has 138 valence electrons. The lowest BCUT2D eigenvalue weighted by atomic mass is 9.95. The largest absolute Gasteiger partial charge is 0.416 e. The molecule has 0 atom stereocenters. The van der Waals surface area contributed by atoms with Gasteiger partial charge in [-0.15, -0.1) is 0 Å². The Morgan fingerprint density at radius 3 is 2.65 bits per heavy atom. The maximum Gasteiger partial charge on any atom is 0.416 e. The molecule has 1 aliphatic heterocycles. The number of hydrogen-bond acceptors (Lipinski definition) is 4. The summed E-state index contributed by atoms with van der Waals surface area (Å²) in [5.41, 5.74) is 0.213. The lowest BCUT2D eigenvalue weighted by Gasteiger charge is -2.32. The van der Waals surface area contributed by atoms with Crippen molar-refractivity contribution in [1.29, 1.82) is 0 Å². The van der Waals surface area contributed by atoms with Crippen LogP contribution in [0.2, 0.25) is 0 Å². The lowest BCUT2D eigenvalue weighted by molar-refractivity contribution is -0.137. The summed E-state index contributed by atoms with van der Waals surface area (Å²) in [5, 5.41) is 2.89. The number of aromatic nitrogens is 2. The first kappa shape index (κ1) is 18.2. The molecule has 0 aromatic carbocycles. The SMILES string of the molecule is O=C(NCc1cccnc1)C1CCN(c2cc(C(F)(F)F)ccn2)CC1. The molecule has 1 N–H and O–H groups in total. The van der Waals surface area contributed by atoms with Crippen molar-refractivity contribution >= 4 is 11.7 Å². The Labute approximate surface area is 149 Å². The Bertz CT molecular complexity index is 744. The number of rotatable bonds is 4. The highest BCUT2D eigenvalue weighted by molar-refractivity contribution is 5.79. The van der Waals surface area contributed by atoms with Gasteiger partial charge in [-0.25, -0.2) is 4.98 Å². The van der Waals surface area contributed by atoms with Gasteiger partial charge in [-0.1, -0.05) is 6.07 Å². The lowest BCUT2D eigenvalue weighted by Crippen LogP contribution is -2.40. The molecule has 26 heavy (non-hydrogen) atoms. The van der Waals surface area contributed by atoms with E-state index in [0.717, 1.165) is 17.7 Å². The standard InChI is InChI=1S/C18H19F3N4O/c19-18(20,21)15-3-7-23-16(10-15)25-8-4-14(5-9-25)17(26)24-12-13-2-1-6-22-11-13/h1-3,6-7,10-11,14H,4-5,8-9,12H2,(H,24,26). The highest BCUT2D eigenvalue weighted by Gasteiger charge is 2.32. The van der Waals surface area contributed by atoms with Crippen LogP contribution < -0.4 is 10.2 Å². The Balaban J connectivity index is 1.53. The summed E-state index contributed by atoms with van der Waals surface area (Å²) in [6.07, 6.45) is 1.31. The second-order valence-corrected chi connectivity index (χ2v) is 6.24. The van der Waals surface area contributed by atoms with Crippen molar-refractivity contribution in [3.8, 4) is 0 Å². The number of amides is 1. The summed E-state index contributed by atoms with van der Waals surface area (Å²) in [7, 11) is 0. The fourth-order valence-corrected chi connectivity index (χ4v) is 2.97. The van der Waals surface area contributed by atoms with Crippen LogP contribution in [0.3, 0.4) is 0 Å². The van der Waals surface area contributed by atoms with E-state index in [0.29, 0.717) is 38.3 Å². The minimum absolute atomic E-state index is 0.0366. The third-order valence-corrected chi connectivity index (χ3v) is 4.45.